The van der Waals surface area contributed by atoms with Crippen LogP contribution in [0.15, 0.2) is 48.7 Å². The molecule has 1 aromatic carbocycles. The molecular weight excluding hydrogens is 302 g/mol. The summed E-state index contributed by atoms with van der Waals surface area (Å²) in [5.74, 6) is 0.737. The van der Waals surface area contributed by atoms with Crippen molar-refractivity contribution in [2.75, 3.05) is 19.6 Å². The van der Waals surface area contributed by atoms with Gasteiger partial charge >= 0.3 is 0 Å². The zero-order valence-electron chi connectivity index (χ0n) is 13.7. The topological polar surface area (TPSA) is 76.5 Å². The van der Waals surface area contributed by atoms with E-state index >= 15 is 0 Å². The summed E-state index contributed by atoms with van der Waals surface area (Å²) in [5, 5.41) is 8.07. The van der Waals surface area contributed by atoms with Gasteiger partial charge < -0.3 is 10.6 Å². The molecule has 3 aromatic rings. The van der Waals surface area contributed by atoms with Gasteiger partial charge in [0.25, 0.3) is 5.91 Å². The van der Waals surface area contributed by atoms with Gasteiger partial charge in [0.1, 0.15) is 5.82 Å². The number of rotatable bonds is 6. The van der Waals surface area contributed by atoms with Gasteiger partial charge in [-0.25, -0.2) is 0 Å². The van der Waals surface area contributed by atoms with Gasteiger partial charge in [-0.3, -0.25) is 9.20 Å². The van der Waals surface area contributed by atoms with Crippen LogP contribution in [0, 0.1) is 6.92 Å². The van der Waals surface area contributed by atoms with Gasteiger partial charge in [0.2, 0.25) is 0 Å². The number of aromatic nitrogens is 3. The molecule has 3 rings (SSSR count). The van der Waals surface area contributed by atoms with Crippen LogP contribution in [0.5, 0.6) is 0 Å². The molecule has 0 aliphatic heterocycles. The standard InChI is InChI=1S/C18H21N5O/c1-14-20-21-17-8-7-16(13-23(14)17)18(24)22(12-10-19)11-9-15-5-3-2-4-6-15/h2-8,13H,9-12,19H2,1H3. The predicted molar refractivity (Wildman–Crippen MR) is 92.8 cm³/mol. The Labute approximate surface area is 140 Å². The van der Waals surface area contributed by atoms with E-state index in [0.717, 1.165) is 17.9 Å². The minimum atomic E-state index is -0.0219. The van der Waals surface area contributed by atoms with E-state index in [1.807, 2.05) is 35.6 Å². The molecule has 2 N–H and O–H groups in total. The zero-order valence-corrected chi connectivity index (χ0v) is 13.7. The van der Waals surface area contributed by atoms with Crippen LogP contribution in [0.1, 0.15) is 21.7 Å². The van der Waals surface area contributed by atoms with Crippen LogP contribution in [-0.2, 0) is 6.42 Å². The number of amides is 1. The van der Waals surface area contributed by atoms with Crippen molar-refractivity contribution in [1.29, 1.82) is 0 Å². The molecule has 124 valence electrons. The van der Waals surface area contributed by atoms with Crippen molar-refractivity contribution < 1.29 is 4.79 Å². The lowest BCUT2D eigenvalue weighted by Gasteiger charge is -2.22. The number of pyridine rings is 1. The number of fused-ring (bicyclic) bond motifs is 1. The highest BCUT2D eigenvalue weighted by atomic mass is 16.2. The van der Waals surface area contributed by atoms with E-state index in [4.69, 9.17) is 5.73 Å². The number of carbonyl (C=O) groups is 1. The van der Waals surface area contributed by atoms with Gasteiger partial charge in [0.15, 0.2) is 5.65 Å². The Kier molecular flexibility index (Phi) is 4.86. The number of hydrogen-bond acceptors (Lipinski definition) is 4. The monoisotopic (exact) mass is 323 g/mol. The molecule has 2 aromatic heterocycles. The van der Waals surface area contributed by atoms with E-state index < -0.39 is 0 Å². The van der Waals surface area contributed by atoms with Gasteiger partial charge in [0.05, 0.1) is 5.56 Å². The molecule has 0 aliphatic rings. The molecule has 0 radical (unpaired) electrons. The highest BCUT2D eigenvalue weighted by Crippen LogP contribution is 2.10. The van der Waals surface area contributed by atoms with Crippen molar-refractivity contribution >= 4 is 11.6 Å². The number of aryl methyl sites for hydroxylation is 1. The third-order valence-corrected chi connectivity index (χ3v) is 4.02. The first-order valence-corrected chi connectivity index (χ1v) is 8.03. The first-order chi connectivity index (χ1) is 11.7. The first-order valence-electron chi connectivity index (χ1n) is 8.03. The summed E-state index contributed by atoms with van der Waals surface area (Å²) < 4.78 is 1.82. The van der Waals surface area contributed by atoms with E-state index in [1.165, 1.54) is 5.56 Å². The highest BCUT2D eigenvalue weighted by molar-refractivity contribution is 5.94. The van der Waals surface area contributed by atoms with Crippen molar-refractivity contribution in [3.8, 4) is 0 Å². The number of nitrogens with zero attached hydrogens (tertiary/aromatic N) is 4. The molecule has 1 amide bonds. The molecule has 0 spiro atoms. The summed E-state index contributed by atoms with van der Waals surface area (Å²) in [7, 11) is 0. The van der Waals surface area contributed by atoms with Gasteiger partial charge in [-0.05, 0) is 31.0 Å². The lowest BCUT2D eigenvalue weighted by molar-refractivity contribution is 0.0761. The number of benzene rings is 1. The number of nitrogens with two attached hydrogens (primary N) is 1. The number of hydrogen-bond donors (Lipinski definition) is 1. The van der Waals surface area contributed by atoms with Crippen LogP contribution in [0.2, 0.25) is 0 Å². The second kappa shape index (κ2) is 7.23. The lowest BCUT2D eigenvalue weighted by atomic mass is 10.1. The Morgan fingerprint density at radius 1 is 1.12 bits per heavy atom. The van der Waals surface area contributed by atoms with Crippen LogP contribution >= 0.6 is 0 Å². The number of carbonyl (C=O) groups excluding carboxylic acids is 1. The Bertz CT molecular complexity index is 828. The molecule has 0 saturated heterocycles. The molecular formula is C18H21N5O. The van der Waals surface area contributed by atoms with Crippen molar-refractivity contribution in [2.45, 2.75) is 13.3 Å². The summed E-state index contributed by atoms with van der Waals surface area (Å²) in [6, 6.07) is 13.7. The highest BCUT2D eigenvalue weighted by Gasteiger charge is 2.16. The fourth-order valence-corrected chi connectivity index (χ4v) is 2.69. The zero-order chi connectivity index (χ0) is 16.9. The minimum Gasteiger partial charge on any atom is -0.337 e. The molecule has 0 aliphatic carbocycles. The van der Waals surface area contributed by atoms with Crippen molar-refractivity contribution in [3.05, 3.63) is 65.6 Å². The van der Waals surface area contributed by atoms with E-state index in [2.05, 4.69) is 22.3 Å². The normalized spacial score (nSPS) is 10.9. The largest absolute Gasteiger partial charge is 0.337 e. The SMILES string of the molecule is Cc1nnc2ccc(C(=O)N(CCN)CCc3ccccc3)cn12. The molecule has 6 nitrogen and oxygen atoms in total. The Hall–Kier alpha value is -2.73. The average Bonchev–Trinajstić information content (AvgIpc) is 2.99. The lowest BCUT2D eigenvalue weighted by Crippen LogP contribution is -2.37. The fourth-order valence-electron chi connectivity index (χ4n) is 2.69. The van der Waals surface area contributed by atoms with E-state index in [9.17, 15) is 4.79 Å². The van der Waals surface area contributed by atoms with Gasteiger partial charge in [-0.2, -0.15) is 0 Å². The first kappa shape index (κ1) is 16.1. The summed E-state index contributed by atoms with van der Waals surface area (Å²) in [4.78, 5) is 14.6. The van der Waals surface area contributed by atoms with Crippen molar-refractivity contribution in [2.24, 2.45) is 5.73 Å². The van der Waals surface area contributed by atoms with E-state index in [0.29, 0.717) is 25.2 Å². The molecule has 0 atom stereocenters. The molecule has 0 bridgehead atoms. The molecule has 6 heteroatoms. The van der Waals surface area contributed by atoms with Crippen LogP contribution in [0.3, 0.4) is 0 Å². The van der Waals surface area contributed by atoms with Crippen LogP contribution < -0.4 is 5.73 Å². The van der Waals surface area contributed by atoms with Crippen LogP contribution in [-0.4, -0.2) is 45.0 Å². The van der Waals surface area contributed by atoms with E-state index in [-0.39, 0.29) is 5.91 Å². The van der Waals surface area contributed by atoms with Crippen LogP contribution in [0.4, 0.5) is 0 Å². The Morgan fingerprint density at radius 3 is 2.67 bits per heavy atom. The second-order valence-corrected chi connectivity index (χ2v) is 5.71. The molecule has 0 saturated carbocycles. The predicted octanol–water partition coefficient (Wildman–Crippen LogP) is 1.68. The van der Waals surface area contributed by atoms with E-state index in [1.54, 1.807) is 17.2 Å². The molecule has 2 heterocycles. The minimum absolute atomic E-state index is 0.0219. The Balaban J connectivity index is 1.78. The van der Waals surface area contributed by atoms with Gasteiger partial charge in [0, 0.05) is 25.8 Å². The van der Waals surface area contributed by atoms with Gasteiger partial charge in [-0.15, -0.1) is 10.2 Å². The fraction of sp³-hybridized carbons (Fsp3) is 0.278. The maximum atomic E-state index is 12.8. The third kappa shape index (κ3) is 3.44. The maximum Gasteiger partial charge on any atom is 0.255 e. The molecule has 0 unspecified atom stereocenters. The smallest absolute Gasteiger partial charge is 0.255 e. The summed E-state index contributed by atoms with van der Waals surface area (Å²) in [6.45, 7) is 3.47. The summed E-state index contributed by atoms with van der Waals surface area (Å²) >= 11 is 0. The van der Waals surface area contributed by atoms with Gasteiger partial charge in [-0.1, -0.05) is 30.3 Å². The maximum absolute atomic E-state index is 12.8. The van der Waals surface area contributed by atoms with Crippen LogP contribution in [0.25, 0.3) is 5.65 Å². The van der Waals surface area contributed by atoms with Crippen molar-refractivity contribution in [1.82, 2.24) is 19.5 Å². The average molecular weight is 323 g/mol. The third-order valence-electron chi connectivity index (χ3n) is 4.02. The molecule has 24 heavy (non-hydrogen) atoms. The van der Waals surface area contributed by atoms with Crippen molar-refractivity contribution in [3.63, 3.8) is 0 Å². The molecule has 0 fully saturated rings. The second-order valence-electron chi connectivity index (χ2n) is 5.71. The summed E-state index contributed by atoms with van der Waals surface area (Å²) in [6.07, 6.45) is 2.60. The Morgan fingerprint density at radius 2 is 1.92 bits per heavy atom. The quantitative estimate of drug-likeness (QED) is 0.749. The summed E-state index contributed by atoms with van der Waals surface area (Å²) in [5.41, 5.74) is 8.25.